The lowest BCUT2D eigenvalue weighted by Crippen LogP contribution is -2.37. The summed E-state index contributed by atoms with van der Waals surface area (Å²) < 4.78 is 26.3. The summed E-state index contributed by atoms with van der Waals surface area (Å²) in [5.41, 5.74) is 0. The molecule has 0 spiro atoms. The molecule has 5 heteroatoms. The number of sulfonamides is 1. The Hall–Kier alpha value is -0.130. The Morgan fingerprint density at radius 3 is 2.53 bits per heavy atom. The van der Waals surface area contributed by atoms with Gasteiger partial charge in [0.1, 0.15) is 0 Å². The fraction of sp³-hybridized carbons (Fsp3) is 1.00. The fourth-order valence-electron chi connectivity index (χ4n) is 2.85. The molecule has 2 aliphatic rings. The zero-order chi connectivity index (χ0) is 13.9. The van der Waals surface area contributed by atoms with Gasteiger partial charge in [0.05, 0.1) is 5.75 Å². The number of hydrogen-bond donors (Lipinski definition) is 1. The van der Waals surface area contributed by atoms with Gasteiger partial charge in [0.2, 0.25) is 10.0 Å². The lowest BCUT2D eigenvalue weighted by atomic mass is 9.89. The lowest BCUT2D eigenvalue weighted by molar-refractivity contribution is 0.340. The van der Waals surface area contributed by atoms with Crippen molar-refractivity contribution in [2.45, 2.75) is 52.0 Å². The molecule has 4 nitrogen and oxygen atoms in total. The van der Waals surface area contributed by atoms with Crippen molar-refractivity contribution in [3.05, 3.63) is 0 Å². The van der Waals surface area contributed by atoms with Crippen LogP contribution in [0.3, 0.4) is 0 Å². The molecule has 19 heavy (non-hydrogen) atoms. The molecule has 1 saturated carbocycles. The summed E-state index contributed by atoms with van der Waals surface area (Å²) in [4.78, 5) is 0. The minimum Gasteiger partial charge on any atom is -0.313 e. The first-order chi connectivity index (χ1) is 8.99. The van der Waals surface area contributed by atoms with Crippen LogP contribution in [-0.2, 0) is 10.0 Å². The minimum atomic E-state index is -3.05. The van der Waals surface area contributed by atoms with Crippen LogP contribution in [0.4, 0.5) is 0 Å². The van der Waals surface area contributed by atoms with Gasteiger partial charge in [-0.05, 0) is 43.9 Å². The Morgan fingerprint density at radius 1 is 1.16 bits per heavy atom. The first kappa shape index (κ1) is 15.3. The highest BCUT2D eigenvalue weighted by atomic mass is 32.2. The van der Waals surface area contributed by atoms with Crippen LogP contribution in [0, 0.1) is 11.8 Å². The van der Waals surface area contributed by atoms with E-state index >= 15 is 0 Å². The van der Waals surface area contributed by atoms with Crippen LogP contribution in [0.1, 0.15) is 46.0 Å². The summed E-state index contributed by atoms with van der Waals surface area (Å²) in [5, 5.41) is 3.29. The maximum absolute atomic E-state index is 12.3. The molecule has 0 aromatic carbocycles. The van der Waals surface area contributed by atoms with Gasteiger partial charge in [0.25, 0.3) is 0 Å². The van der Waals surface area contributed by atoms with Crippen molar-refractivity contribution in [2.75, 3.05) is 25.4 Å². The van der Waals surface area contributed by atoms with Crippen LogP contribution in [0.2, 0.25) is 0 Å². The normalized spacial score (nSPS) is 26.6. The first-order valence-corrected chi connectivity index (χ1v) is 9.31. The van der Waals surface area contributed by atoms with E-state index in [0.717, 1.165) is 19.4 Å². The Kier molecular flexibility index (Phi) is 5.26. The van der Waals surface area contributed by atoms with Gasteiger partial charge >= 0.3 is 0 Å². The van der Waals surface area contributed by atoms with Crippen molar-refractivity contribution >= 4 is 10.0 Å². The second-order valence-corrected chi connectivity index (χ2v) is 8.47. The second-order valence-electron chi connectivity index (χ2n) is 6.38. The van der Waals surface area contributed by atoms with Crippen molar-refractivity contribution in [3.63, 3.8) is 0 Å². The molecule has 1 saturated heterocycles. The molecule has 2 fully saturated rings. The summed E-state index contributed by atoms with van der Waals surface area (Å²) in [6.45, 7) is 6.53. The molecule has 0 amide bonds. The van der Waals surface area contributed by atoms with Gasteiger partial charge in [-0.1, -0.05) is 13.8 Å². The standard InChI is InChI=1S/C14H28N2O2S/c1-12(2)13-4-3-9-16(10-7-13)19(17,18)11-8-15-14-5-6-14/h12-15H,3-11H2,1-2H3. The van der Waals surface area contributed by atoms with E-state index in [1.807, 2.05) is 0 Å². The third-order valence-corrected chi connectivity index (χ3v) is 6.31. The van der Waals surface area contributed by atoms with Crippen LogP contribution in [0.25, 0.3) is 0 Å². The second kappa shape index (κ2) is 6.55. The molecule has 1 aliphatic heterocycles. The Morgan fingerprint density at radius 2 is 1.89 bits per heavy atom. The van der Waals surface area contributed by atoms with Crippen LogP contribution in [0.15, 0.2) is 0 Å². The number of rotatable bonds is 6. The number of hydrogen-bond acceptors (Lipinski definition) is 3. The number of nitrogens with one attached hydrogen (secondary N) is 1. The Balaban J connectivity index is 1.81. The average molecular weight is 288 g/mol. The monoisotopic (exact) mass is 288 g/mol. The molecule has 0 radical (unpaired) electrons. The molecule has 0 bridgehead atoms. The highest BCUT2D eigenvalue weighted by molar-refractivity contribution is 7.89. The molecule has 0 aromatic heterocycles. The predicted octanol–water partition coefficient (Wildman–Crippen LogP) is 1.83. The van der Waals surface area contributed by atoms with E-state index in [1.54, 1.807) is 4.31 Å². The van der Waals surface area contributed by atoms with E-state index in [1.165, 1.54) is 19.3 Å². The Bertz CT molecular complexity index is 377. The van der Waals surface area contributed by atoms with Gasteiger partial charge in [-0.2, -0.15) is 0 Å². The van der Waals surface area contributed by atoms with E-state index in [0.29, 0.717) is 31.0 Å². The Labute approximate surface area is 118 Å². The van der Waals surface area contributed by atoms with Crippen LogP contribution in [-0.4, -0.2) is 44.2 Å². The van der Waals surface area contributed by atoms with Crippen LogP contribution < -0.4 is 5.32 Å². The summed E-state index contributed by atoms with van der Waals surface area (Å²) in [6, 6.07) is 0.588. The topological polar surface area (TPSA) is 49.4 Å². The van der Waals surface area contributed by atoms with E-state index in [2.05, 4.69) is 19.2 Å². The molecular formula is C14H28N2O2S. The highest BCUT2D eigenvalue weighted by Crippen LogP contribution is 2.25. The maximum atomic E-state index is 12.3. The SMILES string of the molecule is CC(C)C1CCCN(S(=O)(=O)CCNC2CC2)CC1. The fourth-order valence-corrected chi connectivity index (χ4v) is 4.27. The zero-order valence-corrected chi connectivity index (χ0v) is 13.1. The third kappa shape index (κ3) is 4.72. The highest BCUT2D eigenvalue weighted by Gasteiger charge is 2.27. The van der Waals surface area contributed by atoms with E-state index in [-0.39, 0.29) is 5.75 Å². The van der Waals surface area contributed by atoms with Crippen molar-refractivity contribution in [3.8, 4) is 0 Å². The van der Waals surface area contributed by atoms with Gasteiger partial charge in [-0.25, -0.2) is 12.7 Å². The summed E-state index contributed by atoms with van der Waals surface area (Å²) in [5.74, 6) is 1.61. The van der Waals surface area contributed by atoms with Crippen molar-refractivity contribution in [1.82, 2.24) is 9.62 Å². The minimum absolute atomic E-state index is 0.260. The van der Waals surface area contributed by atoms with Gasteiger partial charge in [0, 0.05) is 25.7 Å². The molecule has 1 N–H and O–H groups in total. The van der Waals surface area contributed by atoms with Gasteiger partial charge in [-0.15, -0.1) is 0 Å². The zero-order valence-electron chi connectivity index (χ0n) is 12.3. The van der Waals surface area contributed by atoms with Crippen molar-refractivity contribution in [1.29, 1.82) is 0 Å². The van der Waals surface area contributed by atoms with Crippen molar-refractivity contribution in [2.24, 2.45) is 11.8 Å². The molecule has 1 unspecified atom stereocenters. The molecule has 1 atom stereocenters. The van der Waals surface area contributed by atoms with Gasteiger partial charge in [0.15, 0.2) is 0 Å². The van der Waals surface area contributed by atoms with Crippen molar-refractivity contribution < 1.29 is 8.42 Å². The van der Waals surface area contributed by atoms with E-state index < -0.39 is 10.0 Å². The predicted molar refractivity (Wildman–Crippen MR) is 78.6 cm³/mol. The first-order valence-electron chi connectivity index (χ1n) is 7.70. The lowest BCUT2D eigenvalue weighted by Gasteiger charge is -2.21. The molecule has 2 rings (SSSR count). The molecule has 112 valence electrons. The smallest absolute Gasteiger partial charge is 0.215 e. The largest absolute Gasteiger partial charge is 0.313 e. The maximum Gasteiger partial charge on any atom is 0.215 e. The summed E-state index contributed by atoms with van der Waals surface area (Å²) >= 11 is 0. The van der Waals surface area contributed by atoms with E-state index in [4.69, 9.17) is 0 Å². The average Bonchev–Trinajstić information content (AvgIpc) is 3.13. The van der Waals surface area contributed by atoms with E-state index in [9.17, 15) is 8.42 Å². The summed E-state index contributed by atoms with van der Waals surface area (Å²) in [6.07, 6.45) is 5.62. The third-order valence-electron chi connectivity index (χ3n) is 4.44. The molecule has 1 heterocycles. The molecule has 0 aromatic rings. The van der Waals surface area contributed by atoms with Gasteiger partial charge < -0.3 is 5.32 Å². The molecule has 1 aliphatic carbocycles. The quantitative estimate of drug-likeness (QED) is 0.811. The summed E-state index contributed by atoms with van der Waals surface area (Å²) in [7, 11) is -3.05. The number of nitrogens with zero attached hydrogens (tertiary/aromatic N) is 1. The van der Waals surface area contributed by atoms with Crippen LogP contribution in [0.5, 0.6) is 0 Å². The molecular weight excluding hydrogens is 260 g/mol. The van der Waals surface area contributed by atoms with Gasteiger partial charge in [-0.3, -0.25) is 0 Å². The van der Waals surface area contributed by atoms with Crippen LogP contribution >= 0.6 is 0 Å².